The molecule has 1 aliphatic rings. The lowest BCUT2D eigenvalue weighted by molar-refractivity contribution is -0.132. The number of ketones is 1. The van der Waals surface area contributed by atoms with Crippen LogP contribution in [0.4, 0.5) is 5.69 Å². The zero-order chi connectivity index (χ0) is 28.3. The molecule has 2 N–H and O–H groups in total. The summed E-state index contributed by atoms with van der Waals surface area (Å²) in [6, 6.07) is 13.4. The fourth-order valence-electron chi connectivity index (χ4n) is 4.59. The number of carbonyl (C=O) groups is 2. The van der Waals surface area contributed by atoms with Crippen LogP contribution in [0.1, 0.15) is 43.5 Å². The maximum Gasteiger partial charge on any atom is 0.300 e. The number of anilines is 1. The molecule has 0 bridgehead atoms. The topological polar surface area (TPSA) is 106 Å². The fraction of sp³-hybridized carbons (Fsp3) is 0.267. The van der Waals surface area contributed by atoms with Gasteiger partial charge in [-0.15, -0.1) is 0 Å². The van der Waals surface area contributed by atoms with Crippen molar-refractivity contribution < 1.29 is 34.0 Å². The Kier molecular flexibility index (Phi) is 8.35. The minimum atomic E-state index is -1.05. The molecule has 3 aromatic carbocycles. The number of Topliss-reactive ketones (excluding diaryl/α,β-unsaturated/α-hetero) is 1. The van der Waals surface area contributed by atoms with Crippen molar-refractivity contribution in [3.05, 3.63) is 81.9 Å². The molecule has 3 aromatic rings. The lowest BCUT2D eigenvalue weighted by atomic mass is 9.94. The van der Waals surface area contributed by atoms with Crippen LogP contribution in [0.3, 0.4) is 0 Å². The molecule has 9 heteroatoms. The van der Waals surface area contributed by atoms with E-state index in [0.717, 1.165) is 0 Å². The normalized spacial score (nSPS) is 16.4. The van der Waals surface area contributed by atoms with Gasteiger partial charge >= 0.3 is 0 Å². The van der Waals surface area contributed by atoms with Gasteiger partial charge in [0, 0.05) is 16.8 Å². The first-order chi connectivity index (χ1) is 18.7. The quantitative estimate of drug-likeness (QED) is 0.186. The Bertz CT molecular complexity index is 1450. The highest BCUT2D eigenvalue weighted by Gasteiger charge is 2.48. The molecular formula is C30H30ClNO7. The van der Waals surface area contributed by atoms with Gasteiger partial charge in [-0.1, -0.05) is 23.7 Å². The van der Waals surface area contributed by atoms with Crippen LogP contribution in [0.2, 0.25) is 5.02 Å². The van der Waals surface area contributed by atoms with Crippen LogP contribution in [0.25, 0.3) is 5.76 Å². The first kappa shape index (κ1) is 27.9. The van der Waals surface area contributed by atoms with Gasteiger partial charge in [-0.3, -0.25) is 14.5 Å². The summed E-state index contributed by atoms with van der Waals surface area (Å²) in [6.45, 7) is 8.23. The SMILES string of the molecule is CCOc1ccc(/C(O)=C2\C(=O)C(=O)N(c3cc(Cl)ccc3C)C2c2ccc(O)c(OCC)c2)c(OCC)c1. The number of halogens is 1. The summed E-state index contributed by atoms with van der Waals surface area (Å²) >= 11 is 6.29. The number of hydrogen-bond acceptors (Lipinski definition) is 7. The summed E-state index contributed by atoms with van der Waals surface area (Å²) in [6.07, 6.45) is 0. The number of carbonyl (C=O) groups excluding carboxylic acids is 2. The molecule has 39 heavy (non-hydrogen) atoms. The van der Waals surface area contributed by atoms with E-state index in [0.29, 0.717) is 46.5 Å². The average molecular weight is 552 g/mol. The number of ether oxygens (including phenoxy) is 3. The van der Waals surface area contributed by atoms with Gasteiger partial charge in [0.2, 0.25) is 0 Å². The lowest BCUT2D eigenvalue weighted by Gasteiger charge is -2.27. The van der Waals surface area contributed by atoms with Gasteiger partial charge in [-0.05, 0) is 75.2 Å². The van der Waals surface area contributed by atoms with E-state index in [-0.39, 0.29) is 29.2 Å². The number of benzene rings is 3. The van der Waals surface area contributed by atoms with Crippen molar-refractivity contribution in [2.45, 2.75) is 33.7 Å². The van der Waals surface area contributed by atoms with Gasteiger partial charge in [0.1, 0.15) is 17.3 Å². The van der Waals surface area contributed by atoms with E-state index in [1.807, 2.05) is 6.92 Å². The highest BCUT2D eigenvalue weighted by atomic mass is 35.5. The second-order valence-corrected chi connectivity index (χ2v) is 9.22. The average Bonchev–Trinajstić information content (AvgIpc) is 3.17. The molecule has 4 rings (SSSR count). The molecular weight excluding hydrogens is 522 g/mol. The van der Waals surface area contributed by atoms with Crippen molar-refractivity contribution in [3.63, 3.8) is 0 Å². The third-order valence-corrected chi connectivity index (χ3v) is 6.53. The minimum Gasteiger partial charge on any atom is -0.507 e. The predicted octanol–water partition coefficient (Wildman–Crippen LogP) is 6.18. The van der Waals surface area contributed by atoms with Crippen LogP contribution in [-0.4, -0.2) is 41.7 Å². The molecule has 1 fully saturated rings. The molecule has 1 saturated heterocycles. The lowest BCUT2D eigenvalue weighted by Crippen LogP contribution is -2.30. The van der Waals surface area contributed by atoms with E-state index in [1.165, 1.54) is 11.0 Å². The zero-order valence-electron chi connectivity index (χ0n) is 22.2. The van der Waals surface area contributed by atoms with Gasteiger partial charge in [-0.2, -0.15) is 0 Å². The van der Waals surface area contributed by atoms with Crippen LogP contribution in [-0.2, 0) is 9.59 Å². The summed E-state index contributed by atoms with van der Waals surface area (Å²) in [5.74, 6) is -1.20. The Morgan fingerprint density at radius 3 is 2.28 bits per heavy atom. The Labute approximate surface area is 232 Å². The van der Waals surface area contributed by atoms with E-state index in [9.17, 15) is 19.8 Å². The second-order valence-electron chi connectivity index (χ2n) is 8.78. The third kappa shape index (κ3) is 5.38. The molecule has 0 saturated carbocycles. The molecule has 8 nitrogen and oxygen atoms in total. The number of aryl methyl sites for hydroxylation is 1. The minimum absolute atomic E-state index is 0.0957. The third-order valence-electron chi connectivity index (χ3n) is 6.29. The van der Waals surface area contributed by atoms with Crippen LogP contribution in [0.5, 0.6) is 23.0 Å². The summed E-state index contributed by atoms with van der Waals surface area (Å²) in [7, 11) is 0. The van der Waals surface area contributed by atoms with E-state index >= 15 is 0 Å². The number of nitrogens with zero attached hydrogens (tertiary/aromatic N) is 1. The van der Waals surface area contributed by atoms with Crippen LogP contribution in [0.15, 0.2) is 60.2 Å². The highest BCUT2D eigenvalue weighted by Crippen LogP contribution is 2.46. The Balaban J connectivity index is 2.00. The van der Waals surface area contributed by atoms with Crippen LogP contribution < -0.4 is 19.1 Å². The van der Waals surface area contributed by atoms with Gasteiger partial charge in [-0.25, -0.2) is 0 Å². The number of aromatic hydroxyl groups is 1. The first-order valence-corrected chi connectivity index (χ1v) is 13.0. The first-order valence-electron chi connectivity index (χ1n) is 12.6. The summed E-state index contributed by atoms with van der Waals surface area (Å²) in [5, 5.41) is 22.3. The zero-order valence-corrected chi connectivity index (χ0v) is 22.9. The van der Waals surface area contributed by atoms with Crippen LogP contribution in [0, 0.1) is 6.92 Å². The van der Waals surface area contributed by atoms with Crippen molar-refractivity contribution in [3.8, 4) is 23.0 Å². The predicted molar refractivity (Wildman–Crippen MR) is 149 cm³/mol. The number of aliphatic hydroxyl groups excluding tert-OH is 1. The molecule has 1 aliphatic heterocycles. The number of phenols is 1. The van der Waals surface area contributed by atoms with Gasteiger partial charge in [0.25, 0.3) is 11.7 Å². The Morgan fingerprint density at radius 2 is 1.59 bits per heavy atom. The van der Waals surface area contributed by atoms with E-state index < -0.39 is 23.5 Å². The molecule has 204 valence electrons. The van der Waals surface area contributed by atoms with Crippen molar-refractivity contribution in [2.75, 3.05) is 24.7 Å². The maximum absolute atomic E-state index is 13.6. The fourth-order valence-corrected chi connectivity index (χ4v) is 4.75. The van der Waals surface area contributed by atoms with Crippen molar-refractivity contribution in [1.82, 2.24) is 0 Å². The molecule has 1 unspecified atom stereocenters. The van der Waals surface area contributed by atoms with E-state index in [4.69, 9.17) is 25.8 Å². The monoisotopic (exact) mass is 551 g/mol. The van der Waals surface area contributed by atoms with E-state index in [2.05, 4.69) is 0 Å². The van der Waals surface area contributed by atoms with Crippen molar-refractivity contribution in [2.24, 2.45) is 0 Å². The molecule has 0 spiro atoms. The highest BCUT2D eigenvalue weighted by molar-refractivity contribution is 6.52. The smallest absolute Gasteiger partial charge is 0.300 e. The molecule has 0 aromatic heterocycles. The van der Waals surface area contributed by atoms with E-state index in [1.54, 1.807) is 69.3 Å². The van der Waals surface area contributed by atoms with Crippen molar-refractivity contribution in [1.29, 1.82) is 0 Å². The summed E-state index contributed by atoms with van der Waals surface area (Å²) in [5.41, 5.74) is 1.65. The summed E-state index contributed by atoms with van der Waals surface area (Å²) in [4.78, 5) is 28.5. The summed E-state index contributed by atoms with van der Waals surface area (Å²) < 4.78 is 16.9. The molecule has 1 atom stereocenters. The molecule has 1 amide bonds. The number of rotatable bonds is 9. The number of amides is 1. The van der Waals surface area contributed by atoms with Gasteiger partial charge < -0.3 is 24.4 Å². The van der Waals surface area contributed by atoms with Crippen LogP contribution >= 0.6 is 11.6 Å². The Hall–Kier alpha value is -4.17. The standard InChI is InChI=1S/C30H30ClNO7/c1-5-37-20-11-12-21(24(16-20)38-6-2)28(34)26-27(18-9-13-23(33)25(14-18)39-7-3)32(30(36)29(26)35)22-15-19(31)10-8-17(22)4/h8-16,27,33-34H,5-7H2,1-4H3/b28-26+. The number of phenolic OH excluding ortho intramolecular Hbond substituents is 1. The number of hydrogen-bond donors (Lipinski definition) is 2. The Morgan fingerprint density at radius 1 is 0.897 bits per heavy atom. The molecule has 1 heterocycles. The number of aliphatic hydroxyl groups is 1. The van der Waals surface area contributed by atoms with Crippen molar-refractivity contribution >= 4 is 34.7 Å². The van der Waals surface area contributed by atoms with Gasteiger partial charge in [0.05, 0.1) is 37.0 Å². The van der Waals surface area contributed by atoms with Gasteiger partial charge in [0.15, 0.2) is 11.5 Å². The molecule has 0 aliphatic carbocycles. The second kappa shape index (κ2) is 11.7. The largest absolute Gasteiger partial charge is 0.507 e. The maximum atomic E-state index is 13.6. The molecule has 0 radical (unpaired) electrons.